The lowest BCUT2D eigenvalue weighted by Gasteiger charge is -2.13. The van der Waals surface area contributed by atoms with E-state index in [1.807, 2.05) is 0 Å². The van der Waals surface area contributed by atoms with Gasteiger partial charge in [0.05, 0.1) is 5.69 Å². The molecule has 1 aliphatic carbocycles. The number of aliphatic carboxylic acids is 1. The van der Waals surface area contributed by atoms with Crippen LogP contribution in [0.25, 0.3) is 0 Å². The van der Waals surface area contributed by atoms with Crippen LogP contribution < -0.4 is 5.56 Å². The number of carboxylic acid groups (broad SMARTS) is 1. The molecule has 0 spiro atoms. The molecule has 80 valence electrons. The molecule has 5 heteroatoms. The SMILES string of the molecule is O=C(O)Cc1nc2c(c(=O)[nH]1)CCCC2. The normalized spacial score (nSPS) is 14.7. The van der Waals surface area contributed by atoms with Crippen molar-refractivity contribution in [2.75, 3.05) is 0 Å². The number of aromatic amines is 1. The predicted octanol–water partition coefficient (Wildman–Crippen LogP) is 0.276. The zero-order valence-electron chi connectivity index (χ0n) is 8.25. The van der Waals surface area contributed by atoms with E-state index in [1.54, 1.807) is 0 Å². The minimum atomic E-state index is -0.978. The van der Waals surface area contributed by atoms with E-state index in [1.165, 1.54) is 0 Å². The number of fused-ring (bicyclic) bond motifs is 1. The lowest BCUT2D eigenvalue weighted by atomic mass is 9.97. The molecule has 2 rings (SSSR count). The Kier molecular flexibility index (Phi) is 2.53. The monoisotopic (exact) mass is 208 g/mol. The van der Waals surface area contributed by atoms with Gasteiger partial charge in [0.25, 0.3) is 5.56 Å². The second-order valence-corrected chi connectivity index (χ2v) is 3.72. The minimum absolute atomic E-state index is 0.170. The van der Waals surface area contributed by atoms with E-state index in [-0.39, 0.29) is 17.8 Å². The zero-order chi connectivity index (χ0) is 10.8. The highest BCUT2D eigenvalue weighted by atomic mass is 16.4. The van der Waals surface area contributed by atoms with Gasteiger partial charge in [0.1, 0.15) is 12.2 Å². The van der Waals surface area contributed by atoms with Crippen molar-refractivity contribution in [3.05, 3.63) is 27.4 Å². The molecule has 2 N–H and O–H groups in total. The van der Waals surface area contributed by atoms with Crippen LogP contribution in [0.4, 0.5) is 0 Å². The fourth-order valence-corrected chi connectivity index (χ4v) is 1.88. The molecule has 0 radical (unpaired) electrons. The Balaban J connectivity index is 2.40. The van der Waals surface area contributed by atoms with Crippen LogP contribution in [0.5, 0.6) is 0 Å². The highest BCUT2D eigenvalue weighted by Gasteiger charge is 2.16. The summed E-state index contributed by atoms with van der Waals surface area (Å²) in [6.45, 7) is 0. The number of carbonyl (C=O) groups is 1. The molecular weight excluding hydrogens is 196 g/mol. The van der Waals surface area contributed by atoms with Crippen molar-refractivity contribution >= 4 is 5.97 Å². The molecule has 1 aromatic rings. The van der Waals surface area contributed by atoms with Gasteiger partial charge in [0.15, 0.2) is 0 Å². The lowest BCUT2D eigenvalue weighted by molar-refractivity contribution is -0.136. The van der Waals surface area contributed by atoms with Crippen LogP contribution in [0.1, 0.15) is 29.9 Å². The Bertz CT molecular complexity index is 450. The van der Waals surface area contributed by atoms with Crippen molar-refractivity contribution in [2.45, 2.75) is 32.1 Å². The molecule has 1 heterocycles. The Hall–Kier alpha value is -1.65. The topological polar surface area (TPSA) is 83.0 Å². The molecule has 0 saturated carbocycles. The van der Waals surface area contributed by atoms with Crippen molar-refractivity contribution in [2.24, 2.45) is 0 Å². The summed E-state index contributed by atoms with van der Waals surface area (Å²) in [6.07, 6.45) is 3.35. The van der Waals surface area contributed by atoms with Gasteiger partial charge in [0, 0.05) is 5.56 Å². The number of aromatic nitrogens is 2. The average molecular weight is 208 g/mol. The summed E-state index contributed by atoms with van der Waals surface area (Å²) < 4.78 is 0. The highest BCUT2D eigenvalue weighted by Crippen LogP contribution is 2.15. The summed E-state index contributed by atoms with van der Waals surface area (Å²) in [5.41, 5.74) is 1.34. The van der Waals surface area contributed by atoms with E-state index in [0.717, 1.165) is 36.9 Å². The Morgan fingerprint density at radius 3 is 2.87 bits per heavy atom. The summed E-state index contributed by atoms with van der Waals surface area (Å²) >= 11 is 0. The lowest BCUT2D eigenvalue weighted by Crippen LogP contribution is -2.23. The number of nitrogens with zero attached hydrogens (tertiary/aromatic N) is 1. The summed E-state index contributed by atoms with van der Waals surface area (Å²) in [7, 11) is 0. The maximum atomic E-state index is 11.6. The molecule has 1 aromatic heterocycles. The second-order valence-electron chi connectivity index (χ2n) is 3.72. The van der Waals surface area contributed by atoms with Gasteiger partial charge < -0.3 is 10.1 Å². The molecular formula is C10H12N2O3. The third-order valence-corrected chi connectivity index (χ3v) is 2.56. The van der Waals surface area contributed by atoms with Gasteiger partial charge in [-0.25, -0.2) is 4.98 Å². The van der Waals surface area contributed by atoms with E-state index >= 15 is 0 Å². The van der Waals surface area contributed by atoms with E-state index in [4.69, 9.17) is 5.11 Å². The van der Waals surface area contributed by atoms with E-state index in [2.05, 4.69) is 9.97 Å². The first-order valence-corrected chi connectivity index (χ1v) is 4.99. The Morgan fingerprint density at radius 2 is 2.13 bits per heavy atom. The number of nitrogens with one attached hydrogen (secondary N) is 1. The first-order chi connectivity index (χ1) is 7.16. The number of hydrogen-bond donors (Lipinski definition) is 2. The molecule has 0 saturated heterocycles. The van der Waals surface area contributed by atoms with Crippen LogP contribution in [0.15, 0.2) is 4.79 Å². The number of H-pyrrole nitrogens is 1. The third kappa shape index (κ3) is 2.06. The van der Waals surface area contributed by atoms with Crippen molar-refractivity contribution < 1.29 is 9.90 Å². The van der Waals surface area contributed by atoms with Gasteiger partial charge >= 0.3 is 5.97 Å². The van der Waals surface area contributed by atoms with Crippen molar-refractivity contribution in [3.63, 3.8) is 0 Å². The molecule has 15 heavy (non-hydrogen) atoms. The van der Waals surface area contributed by atoms with Gasteiger partial charge in [-0.3, -0.25) is 9.59 Å². The quantitative estimate of drug-likeness (QED) is 0.731. The maximum absolute atomic E-state index is 11.6. The second kappa shape index (κ2) is 3.84. The van der Waals surface area contributed by atoms with Crippen LogP contribution in [0.2, 0.25) is 0 Å². The Morgan fingerprint density at radius 1 is 1.40 bits per heavy atom. The van der Waals surface area contributed by atoms with Crippen molar-refractivity contribution in [1.82, 2.24) is 9.97 Å². The fourth-order valence-electron chi connectivity index (χ4n) is 1.88. The molecule has 0 fully saturated rings. The molecule has 1 aliphatic rings. The summed E-state index contributed by atoms with van der Waals surface area (Å²) in [5.74, 6) is -0.720. The summed E-state index contributed by atoms with van der Waals surface area (Å²) in [6, 6.07) is 0. The number of aryl methyl sites for hydroxylation is 1. The standard InChI is InChI=1S/C10H12N2O3/c13-9(14)5-8-11-7-4-2-1-3-6(7)10(15)12-8/h1-5H2,(H,13,14)(H,11,12,15). The molecule has 0 amide bonds. The van der Waals surface area contributed by atoms with Crippen LogP contribution >= 0.6 is 0 Å². The molecule has 0 bridgehead atoms. The van der Waals surface area contributed by atoms with Gasteiger partial charge in [-0.1, -0.05) is 0 Å². The largest absolute Gasteiger partial charge is 0.481 e. The van der Waals surface area contributed by atoms with Gasteiger partial charge in [-0.05, 0) is 25.7 Å². The van der Waals surface area contributed by atoms with Crippen molar-refractivity contribution in [3.8, 4) is 0 Å². The Labute approximate surface area is 86.2 Å². The summed E-state index contributed by atoms with van der Waals surface area (Å²) in [4.78, 5) is 28.8. The predicted molar refractivity (Wildman–Crippen MR) is 52.8 cm³/mol. The van der Waals surface area contributed by atoms with Crippen LogP contribution in [0.3, 0.4) is 0 Å². The zero-order valence-corrected chi connectivity index (χ0v) is 8.25. The summed E-state index contributed by atoms with van der Waals surface area (Å²) in [5, 5.41) is 8.60. The van der Waals surface area contributed by atoms with E-state index in [9.17, 15) is 9.59 Å². The molecule has 0 unspecified atom stereocenters. The van der Waals surface area contributed by atoms with Crippen LogP contribution in [-0.2, 0) is 24.1 Å². The van der Waals surface area contributed by atoms with E-state index in [0.29, 0.717) is 0 Å². The van der Waals surface area contributed by atoms with Crippen molar-refractivity contribution in [1.29, 1.82) is 0 Å². The highest BCUT2D eigenvalue weighted by molar-refractivity contribution is 5.68. The van der Waals surface area contributed by atoms with Crippen LogP contribution in [-0.4, -0.2) is 21.0 Å². The smallest absolute Gasteiger partial charge is 0.311 e. The van der Waals surface area contributed by atoms with Gasteiger partial charge in [-0.15, -0.1) is 0 Å². The molecule has 0 atom stereocenters. The van der Waals surface area contributed by atoms with Gasteiger partial charge in [0.2, 0.25) is 0 Å². The first kappa shape index (κ1) is 9.89. The molecule has 0 aliphatic heterocycles. The van der Waals surface area contributed by atoms with Gasteiger partial charge in [-0.2, -0.15) is 0 Å². The number of rotatable bonds is 2. The first-order valence-electron chi connectivity index (χ1n) is 4.99. The fraction of sp³-hybridized carbons (Fsp3) is 0.500. The van der Waals surface area contributed by atoms with E-state index < -0.39 is 5.97 Å². The maximum Gasteiger partial charge on any atom is 0.311 e. The molecule has 0 aromatic carbocycles. The molecule has 5 nitrogen and oxygen atoms in total. The number of carboxylic acids is 1. The third-order valence-electron chi connectivity index (χ3n) is 2.56. The average Bonchev–Trinajstić information content (AvgIpc) is 2.16. The minimum Gasteiger partial charge on any atom is -0.481 e. The number of hydrogen-bond acceptors (Lipinski definition) is 3. The van der Waals surface area contributed by atoms with Crippen LogP contribution in [0, 0.1) is 0 Å².